The van der Waals surface area contributed by atoms with Crippen molar-refractivity contribution in [3.63, 3.8) is 0 Å². The van der Waals surface area contributed by atoms with Crippen molar-refractivity contribution in [2.75, 3.05) is 26.2 Å². The molecule has 17 heteroatoms. The fourth-order valence-corrected chi connectivity index (χ4v) is 1.91. The normalized spacial score (nSPS) is 11.9. The Hall–Kier alpha value is -3.09. The summed E-state index contributed by atoms with van der Waals surface area (Å²) in [7, 11) is 0. The molecule has 0 aromatic carbocycles. The first-order valence-corrected chi connectivity index (χ1v) is 11.5. The number of aliphatic carboxylic acids is 4. The van der Waals surface area contributed by atoms with Crippen LogP contribution in [0.1, 0.15) is 51.4 Å². The van der Waals surface area contributed by atoms with Gasteiger partial charge < -0.3 is 66.3 Å². The summed E-state index contributed by atoms with van der Waals surface area (Å²) < 4.78 is 0. The number of rotatable bonds is 16. The van der Waals surface area contributed by atoms with Gasteiger partial charge in [-0.3, -0.25) is 24.2 Å². The summed E-state index contributed by atoms with van der Waals surface area (Å²) in [5.74, 6) is -3.82. The van der Waals surface area contributed by atoms with Crippen LogP contribution in [0.25, 0.3) is 0 Å². The minimum Gasteiger partial charge on any atom is -0.480 e. The molecule has 0 radical (unpaired) electrons. The zero-order valence-corrected chi connectivity index (χ0v) is 21.2. The van der Waals surface area contributed by atoms with Crippen LogP contribution in [0.2, 0.25) is 0 Å². The molecule has 37 heavy (non-hydrogen) atoms. The van der Waals surface area contributed by atoms with Crippen LogP contribution in [0.15, 0.2) is 4.99 Å². The molecule has 3 atom stereocenters. The predicted octanol–water partition coefficient (Wildman–Crippen LogP) is -3.46. The zero-order chi connectivity index (χ0) is 29.8. The molecule has 17 nitrogen and oxygen atoms in total. The summed E-state index contributed by atoms with van der Waals surface area (Å²) in [6.45, 7) is 1.35. The molecule has 0 amide bonds. The third-order valence-electron chi connectivity index (χ3n) is 4.03. The van der Waals surface area contributed by atoms with Crippen LogP contribution in [0.3, 0.4) is 0 Å². The van der Waals surface area contributed by atoms with Crippen LogP contribution in [0.4, 0.5) is 0 Å². The van der Waals surface area contributed by atoms with Gasteiger partial charge in [0.15, 0.2) is 5.96 Å². The van der Waals surface area contributed by atoms with Crippen molar-refractivity contribution in [2.45, 2.75) is 69.5 Å². The first-order valence-electron chi connectivity index (χ1n) is 11.5. The first kappa shape index (κ1) is 41.1. The molecule has 20 N–H and O–H groups in total. The second-order valence-electron chi connectivity index (χ2n) is 7.45. The van der Waals surface area contributed by atoms with Crippen molar-refractivity contribution in [1.29, 1.82) is 0 Å². The van der Waals surface area contributed by atoms with Gasteiger partial charge in [-0.2, -0.15) is 0 Å². The van der Waals surface area contributed by atoms with Gasteiger partial charge in [0.05, 0.1) is 6.54 Å². The van der Waals surface area contributed by atoms with E-state index in [-0.39, 0.29) is 12.5 Å². The molecular weight excluding hydrogens is 494 g/mol. The highest BCUT2D eigenvalue weighted by atomic mass is 16.4. The maximum absolute atomic E-state index is 10.2. The third-order valence-corrected chi connectivity index (χ3v) is 4.03. The largest absolute Gasteiger partial charge is 0.480 e. The first-order chi connectivity index (χ1) is 17.2. The Morgan fingerprint density at radius 3 is 1.11 bits per heavy atom. The van der Waals surface area contributed by atoms with Gasteiger partial charge in [-0.05, 0) is 51.6 Å². The van der Waals surface area contributed by atoms with Crippen LogP contribution in [-0.4, -0.2) is 94.6 Å². The average molecular weight is 542 g/mol. The van der Waals surface area contributed by atoms with Crippen molar-refractivity contribution < 1.29 is 39.6 Å². The lowest BCUT2D eigenvalue weighted by Gasteiger charge is -2.03. The van der Waals surface area contributed by atoms with E-state index in [2.05, 4.69) is 10.7 Å². The highest BCUT2D eigenvalue weighted by molar-refractivity contribution is 5.75. The molecule has 0 spiro atoms. The van der Waals surface area contributed by atoms with Crippen LogP contribution in [0, 0.1) is 0 Å². The third kappa shape index (κ3) is 40.4. The van der Waals surface area contributed by atoms with Crippen molar-refractivity contribution >= 4 is 29.8 Å². The zero-order valence-electron chi connectivity index (χ0n) is 21.2. The van der Waals surface area contributed by atoms with E-state index in [4.69, 9.17) is 60.6 Å². The van der Waals surface area contributed by atoms with Crippen molar-refractivity contribution in [1.82, 2.24) is 0 Å². The van der Waals surface area contributed by atoms with E-state index in [9.17, 15) is 19.2 Å². The van der Waals surface area contributed by atoms with Gasteiger partial charge in [0.1, 0.15) is 18.1 Å². The van der Waals surface area contributed by atoms with Crippen LogP contribution in [-0.2, 0) is 19.2 Å². The Balaban J connectivity index is -0.000000203. The van der Waals surface area contributed by atoms with Gasteiger partial charge in [0, 0.05) is 6.54 Å². The number of carboxylic acids is 4. The SMILES string of the molecule is NC(N)=NCCCC(N)C(=O)O.NCC(=O)O.NCCCCC(N)C(=O)O.NCCCCC(N)C(=O)O. The molecule has 0 saturated heterocycles. The summed E-state index contributed by atoms with van der Waals surface area (Å²) in [6.07, 6.45) is 5.28. The summed E-state index contributed by atoms with van der Waals surface area (Å²) in [5, 5.41) is 32.6. The van der Waals surface area contributed by atoms with E-state index in [1.54, 1.807) is 0 Å². The fraction of sp³-hybridized carbons (Fsp3) is 0.750. The molecule has 0 heterocycles. The number of carbonyl (C=O) groups is 4. The second-order valence-corrected chi connectivity index (χ2v) is 7.45. The fourth-order valence-electron chi connectivity index (χ4n) is 1.91. The number of unbranched alkanes of at least 4 members (excludes halogenated alkanes) is 2. The number of hydrogen-bond donors (Lipinski definition) is 12. The number of nitrogens with zero attached hydrogens (tertiary/aromatic N) is 1. The lowest BCUT2D eigenvalue weighted by Crippen LogP contribution is -2.30. The second kappa shape index (κ2) is 29.1. The number of aliphatic imine (C=N–C) groups is 1. The minimum atomic E-state index is -1.00. The van der Waals surface area contributed by atoms with E-state index < -0.39 is 42.0 Å². The Kier molecular flexibility index (Phi) is 32.3. The Morgan fingerprint density at radius 1 is 0.595 bits per heavy atom. The van der Waals surface area contributed by atoms with Crippen molar-refractivity contribution in [3.8, 4) is 0 Å². The van der Waals surface area contributed by atoms with E-state index in [1.165, 1.54) is 0 Å². The van der Waals surface area contributed by atoms with E-state index in [0.29, 0.717) is 45.3 Å². The number of hydrogen-bond acceptors (Lipinski definition) is 11. The lowest BCUT2D eigenvalue weighted by atomic mass is 10.1. The van der Waals surface area contributed by atoms with E-state index in [1.807, 2.05) is 0 Å². The lowest BCUT2D eigenvalue weighted by molar-refractivity contribution is -0.139. The Labute approximate surface area is 216 Å². The molecule has 0 aliphatic carbocycles. The number of guanidine groups is 1. The number of nitrogens with two attached hydrogens (primary N) is 8. The summed E-state index contributed by atoms with van der Waals surface area (Å²) in [6, 6.07) is -2.25. The standard InChI is InChI=1S/C6H14N4O2.2C6H14N2O2.C2H5NO2/c7-4(5(11)12)2-1-3-10-6(8)9;2*7-4-2-1-3-5(8)6(9)10;3-1-2(4)5/h4H,1-3,7H2,(H,11,12)(H4,8,9,10);2*5H,1-4,7-8H2,(H,9,10);1,3H2,(H,4,5). The Bertz CT molecular complexity index is 609. The van der Waals surface area contributed by atoms with Crippen molar-refractivity contribution in [2.24, 2.45) is 50.9 Å². The molecule has 0 aromatic rings. The van der Waals surface area contributed by atoms with Crippen LogP contribution >= 0.6 is 0 Å². The minimum absolute atomic E-state index is 0.0129. The molecule has 0 fully saturated rings. The van der Waals surface area contributed by atoms with Gasteiger partial charge in [-0.25, -0.2) is 0 Å². The highest BCUT2D eigenvalue weighted by Gasteiger charge is 2.10. The van der Waals surface area contributed by atoms with Gasteiger partial charge in [0.2, 0.25) is 0 Å². The Morgan fingerprint density at radius 2 is 0.892 bits per heavy atom. The molecule has 3 unspecified atom stereocenters. The molecule has 0 saturated carbocycles. The van der Waals surface area contributed by atoms with Gasteiger partial charge in [-0.15, -0.1) is 0 Å². The number of carboxylic acid groups (broad SMARTS) is 4. The summed E-state index contributed by atoms with van der Waals surface area (Å²) in [4.78, 5) is 43.4. The maximum Gasteiger partial charge on any atom is 0.320 e. The molecule has 0 rings (SSSR count). The quantitative estimate of drug-likeness (QED) is 0.0512. The maximum atomic E-state index is 10.2. The predicted molar refractivity (Wildman–Crippen MR) is 139 cm³/mol. The summed E-state index contributed by atoms with van der Waals surface area (Å²) in [5.41, 5.74) is 40.7. The van der Waals surface area contributed by atoms with E-state index >= 15 is 0 Å². The smallest absolute Gasteiger partial charge is 0.320 e. The molecule has 0 aliphatic rings. The van der Waals surface area contributed by atoms with Gasteiger partial charge in [0.25, 0.3) is 0 Å². The van der Waals surface area contributed by atoms with Crippen LogP contribution in [0.5, 0.6) is 0 Å². The summed E-state index contributed by atoms with van der Waals surface area (Å²) >= 11 is 0. The van der Waals surface area contributed by atoms with Crippen LogP contribution < -0.4 is 45.9 Å². The molecule has 0 bridgehead atoms. The molecule has 0 aliphatic heterocycles. The average Bonchev–Trinajstić information content (AvgIpc) is 2.82. The molecular formula is C20H47N9O8. The molecule has 0 aromatic heterocycles. The monoisotopic (exact) mass is 541 g/mol. The molecule has 220 valence electrons. The topological polar surface area (TPSA) is 370 Å². The van der Waals surface area contributed by atoms with E-state index in [0.717, 1.165) is 25.7 Å². The van der Waals surface area contributed by atoms with Crippen molar-refractivity contribution in [3.05, 3.63) is 0 Å². The van der Waals surface area contributed by atoms with Gasteiger partial charge >= 0.3 is 23.9 Å². The highest BCUT2D eigenvalue weighted by Crippen LogP contribution is 1.98. The van der Waals surface area contributed by atoms with Gasteiger partial charge in [-0.1, -0.05) is 12.8 Å².